The van der Waals surface area contributed by atoms with Crippen LogP contribution in [0.15, 0.2) is 65.9 Å². The van der Waals surface area contributed by atoms with E-state index in [0.29, 0.717) is 35.3 Å². The molecule has 28 heavy (non-hydrogen) atoms. The van der Waals surface area contributed by atoms with Gasteiger partial charge in [-0.2, -0.15) is 4.68 Å². The molecular weight excluding hydrogens is 356 g/mol. The maximum atomic E-state index is 13.2. The number of tetrazole rings is 1. The minimum atomic E-state index is -0.516. The van der Waals surface area contributed by atoms with Crippen molar-refractivity contribution in [2.75, 3.05) is 17.2 Å². The molecule has 0 unspecified atom stereocenters. The molecule has 0 saturated carbocycles. The average Bonchev–Trinajstić information content (AvgIpc) is 3.16. The Bertz CT molecular complexity index is 1030. The first-order chi connectivity index (χ1) is 13.7. The molecule has 2 heterocycles. The van der Waals surface area contributed by atoms with E-state index in [9.17, 15) is 4.79 Å². The third-order valence-corrected chi connectivity index (χ3v) is 4.50. The topological polar surface area (TPSA) is 94.0 Å². The second kappa shape index (κ2) is 7.51. The van der Waals surface area contributed by atoms with Crippen molar-refractivity contribution in [2.45, 2.75) is 19.9 Å². The first-order valence-electron chi connectivity index (χ1n) is 9.02. The predicted molar refractivity (Wildman–Crippen MR) is 105 cm³/mol. The van der Waals surface area contributed by atoms with Gasteiger partial charge in [-0.1, -0.05) is 41.5 Å². The summed E-state index contributed by atoms with van der Waals surface area (Å²) in [6, 6.07) is 16.4. The minimum absolute atomic E-state index is 0.228. The maximum Gasteiger partial charge on any atom is 0.255 e. The van der Waals surface area contributed by atoms with Gasteiger partial charge in [0.05, 0.1) is 12.2 Å². The molecule has 8 nitrogen and oxygen atoms in total. The summed E-state index contributed by atoms with van der Waals surface area (Å²) < 4.78 is 7.41. The first-order valence-corrected chi connectivity index (χ1v) is 9.02. The summed E-state index contributed by atoms with van der Waals surface area (Å²) in [4.78, 5) is 13.2. The molecule has 3 aromatic rings. The number of hydrogen-bond donors (Lipinski definition) is 2. The fraction of sp³-hybridized carbons (Fsp3) is 0.200. The SMILES string of the molecule is CCOc1ccccc1[C@H]1C(C(=O)Nc2ccccc2)=C(C)Nc2nnnn21. The van der Waals surface area contributed by atoms with Crippen LogP contribution in [0.25, 0.3) is 0 Å². The van der Waals surface area contributed by atoms with E-state index in [1.165, 1.54) is 0 Å². The third-order valence-electron chi connectivity index (χ3n) is 4.50. The number of carbonyl (C=O) groups excluding carboxylic acids is 1. The summed E-state index contributed by atoms with van der Waals surface area (Å²) >= 11 is 0. The highest BCUT2D eigenvalue weighted by atomic mass is 16.5. The minimum Gasteiger partial charge on any atom is -0.494 e. The van der Waals surface area contributed by atoms with Crippen molar-refractivity contribution < 1.29 is 9.53 Å². The quantitative estimate of drug-likeness (QED) is 0.711. The molecule has 0 saturated heterocycles. The van der Waals surface area contributed by atoms with E-state index in [1.54, 1.807) is 4.68 Å². The predicted octanol–water partition coefficient (Wildman–Crippen LogP) is 3.00. The Labute approximate surface area is 162 Å². The molecule has 142 valence electrons. The summed E-state index contributed by atoms with van der Waals surface area (Å²) in [5.41, 5.74) is 2.74. The lowest BCUT2D eigenvalue weighted by Gasteiger charge is -2.29. The third kappa shape index (κ3) is 3.20. The van der Waals surface area contributed by atoms with E-state index in [0.717, 1.165) is 5.56 Å². The van der Waals surface area contributed by atoms with Crippen LogP contribution >= 0.6 is 0 Å². The maximum absolute atomic E-state index is 13.2. The Kier molecular flexibility index (Phi) is 4.76. The van der Waals surface area contributed by atoms with Gasteiger partial charge >= 0.3 is 0 Å². The van der Waals surface area contributed by atoms with E-state index in [1.807, 2.05) is 68.4 Å². The van der Waals surface area contributed by atoms with Gasteiger partial charge in [-0.05, 0) is 42.5 Å². The molecule has 0 aliphatic carbocycles. The van der Waals surface area contributed by atoms with E-state index in [2.05, 4.69) is 26.2 Å². The lowest BCUT2D eigenvalue weighted by atomic mass is 9.94. The Morgan fingerprint density at radius 3 is 2.71 bits per heavy atom. The summed E-state index contributed by atoms with van der Waals surface area (Å²) in [6.45, 7) is 4.28. The molecule has 1 aromatic heterocycles. The lowest BCUT2D eigenvalue weighted by molar-refractivity contribution is -0.113. The largest absolute Gasteiger partial charge is 0.494 e. The van der Waals surface area contributed by atoms with Gasteiger partial charge in [0.2, 0.25) is 5.95 Å². The number of hydrogen-bond acceptors (Lipinski definition) is 6. The number of ether oxygens (including phenoxy) is 1. The second-order valence-electron chi connectivity index (χ2n) is 6.30. The molecular formula is C20H20N6O2. The molecule has 1 aliphatic rings. The van der Waals surface area contributed by atoms with Crippen LogP contribution in [-0.4, -0.2) is 32.7 Å². The summed E-state index contributed by atoms with van der Waals surface area (Å²) in [7, 11) is 0. The van der Waals surface area contributed by atoms with Gasteiger partial charge in [0.1, 0.15) is 11.8 Å². The van der Waals surface area contributed by atoms with Crippen molar-refractivity contribution >= 4 is 17.5 Å². The molecule has 0 spiro atoms. The molecule has 0 bridgehead atoms. The molecule has 8 heteroatoms. The van der Waals surface area contributed by atoms with Gasteiger partial charge in [0.25, 0.3) is 5.91 Å². The van der Waals surface area contributed by atoms with Crippen molar-refractivity contribution in [2.24, 2.45) is 0 Å². The van der Waals surface area contributed by atoms with E-state index >= 15 is 0 Å². The van der Waals surface area contributed by atoms with Gasteiger partial charge in [-0.25, -0.2) is 0 Å². The fourth-order valence-corrected chi connectivity index (χ4v) is 3.31. The number of anilines is 2. The van der Waals surface area contributed by atoms with Crippen LogP contribution < -0.4 is 15.4 Å². The standard InChI is InChI=1S/C20H20N6O2/c1-3-28-16-12-8-7-11-15(16)18-17(13(2)21-20-23-24-25-26(18)20)19(27)22-14-9-5-4-6-10-14/h4-12,18H,3H2,1-2H3,(H,22,27)(H,21,23,25)/t18-/m0/s1. The van der Waals surface area contributed by atoms with Crippen molar-refractivity contribution in [3.8, 4) is 5.75 Å². The molecule has 2 N–H and O–H groups in total. The van der Waals surface area contributed by atoms with Crippen LogP contribution in [0, 0.1) is 0 Å². The van der Waals surface area contributed by atoms with Crippen LogP contribution in [0.3, 0.4) is 0 Å². The van der Waals surface area contributed by atoms with Gasteiger partial charge in [-0.3, -0.25) is 4.79 Å². The number of rotatable bonds is 5. The van der Waals surface area contributed by atoms with Crippen LogP contribution in [0.4, 0.5) is 11.6 Å². The number of fused-ring (bicyclic) bond motifs is 1. The van der Waals surface area contributed by atoms with E-state index in [-0.39, 0.29) is 5.91 Å². The van der Waals surface area contributed by atoms with Crippen molar-refractivity contribution in [1.29, 1.82) is 0 Å². The van der Waals surface area contributed by atoms with Crippen molar-refractivity contribution in [3.63, 3.8) is 0 Å². The number of nitrogens with zero attached hydrogens (tertiary/aromatic N) is 4. The summed E-state index contributed by atoms with van der Waals surface area (Å²) in [6.07, 6.45) is 0. The summed E-state index contributed by atoms with van der Waals surface area (Å²) in [5, 5.41) is 18.0. The average molecular weight is 376 g/mol. The van der Waals surface area contributed by atoms with E-state index < -0.39 is 6.04 Å². The number of allylic oxidation sites excluding steroid dienone is 1. The Hall–Kier alpha value is -3.68. The van der Waals surface area contributed by atoms with Crippen LogP contribution in [0.5, 0.6) is 5.75 Å². The van der Waals surface area contributed by atoms with Crippen LogP contribution in [0.2, 0.25) is 0 Å². The smallest absolute Gasteiger partial charge is 0.255 e. The molecule has 4 rings (SSSR count). The molecule has 1 atom stereocenters. The zero-order valence-electron chi connectivity index (χ0n) is 15.6. The lowest BCUT2D eigenvalue weighted by Crippen LogP contribution is -2.31. The number of para-hydroxylation sites is 2. The highest BCUT2D eigenvalue weighted by Crippen LogP contribution is 2.38. The zero-order valence-corrected chi connectivity index (χ0v) is 15.6. The first kappa shape index (κ1) is 17.7. The monoisotopic (exact) mass is 376 g/mol. The molecule has 1 aliphatic heterocycles. The van der Waals surface area contributed by atoms with Crippen LogP contribution in [0.1, 0.15) is 25.5 Å². The van der Waals surface area contributed by atoms with Gasteiger partial charge in [0.15, 0.2) is 0 Å². The van der Waals surface area contributed by atoms with Gasteiger partial charge in [-0.15, -0.1) is 0 Å². The number of amides is 1. The van der Waals surface area contributed by atoms with Crippen molar-refractivity contribution in [1.82, 2.24) is 20.2 Å². The number of carbonyl (C=O) groups is 1. The highest BCUT2D eigenvalue weighted by molar-refractivity contribution is 6.06. The highest BCUT2D eigenvalue weighted by Gasteiger charge is 2.35. The van der Waals surface area contributed by atoms with Crippen LogP contribution in [-0.2, 0) is 4.79 Å². The number of aromatic nitrogens is 4. The van der Waals surface area contributed by atoms with Gasteiger partial charge in [0, 0.05) is 16.9 Å². The molecule has 2 aromatic carbocycles. The second-order valence-corrected chi connectivity index (χ2v) is 6.30. The Morgan fingerprint density at radius 2 is 1.93 bits per heavy atom. The van der Waals surface area contributed by atoms with Crippen molar-refractivity contribution in [3.05, 3.63) is 71.4 Å². The van der Waals surface area contributed by atoms with E-state index in [4.69, 9.17) is 4.74 Å². The zero-order chi connectivity index (χ0) is 19.5. The fourth-order valence-electron chi connectivity index (χ4n) is 3.31. The van der Waals surface area contributed by atoms with Gasteiger partial charge < -0.3 is 15.4 Å². The molecule has 0 fully saturated rings. The number of nitrogens with one attached hydrogen (secondary N) is 2. The summed E-state index contributed by atoms with van der Waals surface area (Å²) in [5.74, 6) is 0.940. The normalized spacial score (nSPS) is 15.6. The molecule has 1 amide bonds. The Balaban J connectivity index is 1.80. The number of benzene rings is 2. The molecule has 0 radical (unpaired) electrons. The Morgan fingerprint density at radius 1 is 1.18 bits per heavy atom.